The molecule has 3 aromatic carbocycles. The predicted octanol–water partition coefficient (Wildman–Crippen LogP) is 8.82. The van der Waals surface area contributed by atoms with Gasteiger partial charge in [0.15, 0.2) is 5.75 Å². The Morgan fingerprint density at radius 1 is 0.786 bits per heavy atom. The van der Waals surface area contributed by atoms with Crippen LogP contribution < -0.4 is 4.74 Å². The van der Waals surface area contributed by atoms with E-state index in [-0.39, 0.29) is 0 Å². The molecule has 0 aliphatic heterocycles. The summed E-state index contributed by atoms with van der Waals surface area (Å²) in [5, 5.41) is 1.17. The number of hydrogen-bond acceptors (Lipinski definition) is 2. The number of thiophene rings is 1. The van der Waals surface area contributed by atoms with Gasteiger partial charge in [0, 0.05) is 10.1 Å². The van der Waals surface area contributed by atoms with E-state index in [1.54, 1.807) is 11.3 Å². The smallest absolute Gasteiger partial charge is 0.153 e. The van der Waals surface area contributed by atoms with Crippen molar-refractivity contribution in [1.29, 1.82) is 0 Å². The molecule has 4 aromatic rings. The fourth-order valence-electron chi connectivity index (χ4n) is 3.23. The van der Waals surface area contributed by atoms with E-state index in [1.807, 2.05) is 26.0 Å². The van der Waals surface area contributed by atoms with Crippen molar-refractivity contribution in [3.8, 4) is 21.9 Å². The molecule has 0 aliphatic rings. The lowest BCUT2D eigenvalue weighted by molar-refractivity contribution is 0.491. The van der Waals surface area contributed by atoms with Gasteiger partial charge >= 0.3 is 0 Å². The number of hydrogen-bond donors (Lipinski definition) is 0. The summed E-state index contributed by atoms with van der Waals surface area (Å²) in [5.41, 5.74) is 3.86. The van der Waals surface area contributed by atoms with E-state index in [1.165, 1.54) is 31.7 Å². The minimum atomic E-state index is 0.462. The maximum absolute atomic E-state index is 6.42. The van der Waals surface area contributed by atoms with Crippen molar-refractivity contribution < 1.29 is 4.74 Å². The maximum Gasteiger partial charge on any atom is 0.153 e. The average molecular weight is 389 g/mol. The van der Waals surface area contributed by atoms with E-state index in [4.69, 9.17) is 4.74 Å². The SMILES string of the molecule is CC.Cc1ccc(Oc2c(-c3ccccc3C(C)C)sc3ccccc23)cc1. The highest BCUT2D eigenvalue weighted by Crippen LogP contribution is 2.47. The molecule has 1 nitrogen and oxygen atoms in total. The topological polar surface area (TPSA) is 9.23 Å². The van der Waals surface area contributed by atoms with Gasteiger partial charge in [-0.15, -0.1) is 11.3 Å². The molecule has 0 amide bonds. The molecule has 28 heavy (non-hydrogen) atoms. The van der Waals surface area contributed by atoms with Crippen molar-refractivity contribution in [2.24, 2.45) is 0 Å². The van der Waals surface area contributed by atoms with Crippen molar-refractivity contribution in [2.45, 2.75) is 40.5 Å². The third-order valence-electron chi connectivity index (χ3n) is 4.62. The lowest BCUT2D eigenvalue weighted by Crippen LogP contribution is -1.92. The van der Waals surface area contributed by atoms with Gasteiger partial charge in [0.1, 0.15) is 5.75 Å². The lowest BCUT2D eigenvalue weighted by atomic mass is 9.96. The van der Waals surface area contributed by atoms with Crippen LogP contribution in [0.4, 0.5) is 0 Å². The molecule has 0 fully saturated rings. The minimum Gasteiger partial charge on any atom is -0.455 e. The Kier molecular flexibility index (Phi) is 6.53. The predicted molar refractivity (Wildman–Crippen MR) is 124 cm³/mol. The Labute approximate surface area is 172 Å². The van der Waals surface area contributed by atoms with Crippen LogP contribution in [-0.4, -0.2) is 0 Å². The average Bonchev–Trinajstić information content (AvgIpc) is 3.09. The molecule has 0 radical (unpaired) electrons. The van der Waals surface area contributed by atoms with Crippen molar-refractivity contribution in [3.05, 3.63) is 83.9 Å². The van der Waals surface area contributed by atoms with Crippen molar-refractivity contribution >= 4 is 21.4 Å². The quantitative estimate of drug-likeness (QED) is 0.339. The normalized spacial score (nSPS) is 10.6. The molecular weight excluding hydrogens is 360 g/mol. The van der Waals surface area contributed by atoms with Gasteiger partial charge in [-0.2, -0.15) is 0 Å². The Morgan fingerprint density at radius 2 is 1.43 bits per heavy atom. The van der Waals surface area contributed by atoms with Crippen LogP contribution in [0.3, 0.4) is 0 Å². The van der Waals surface area contributed by atoms with E-state index in [2.05, 4.69) is 81.4 Å². The Hall–Kier alpha value is -2.58. The monoisotopic (exact) mass is 388 g/mol. The van der Waals surface area contributed by atoms with Gasteiger partial charge < -0.3 is 4.74 Å². The molecule has 0 N–H and O–H groups in total. The number of aryl methyl sites for hydroxylation is 1. The second-order valence-corrected chi connectivity index (χ2v) is 7.97. The zero-order chi connectivity index (χ0) is 20.1. The zero-order valence-corrected chi connectivity index (χ0v) is 18.1. The van der Waals surface area contributed by atoms with Crippen LogP contribution in [0, 0.1) is 6.92 Å². The number of benzene rings is 3. The summed E-state index contributed by atoms with van der Waals surface area (Å²) in [5.74, 6) is 2.30. The molecule has 1 aromatic heterocycles. The maximum atomic E-state index is 6.42. The summed E-state index contributed by atoms with van der Waals surface area (Å²) in [4.78, 5) is 1.20. The van der Waals surface area contributed by atoms with Crippen LogP contribution in [-0.2, 0) is 0 Å². The third kappa shape index (κ3) is 4.13. The molecule has 144 valence electrons. The molecule has 0 saturated carbocycles. The van der Waals surface area contributed by atoms with Crippen LogP contribution >= 0.6 is 11.3 Å². The zero-order valence-electron chi connectivity index (χ0n) is 17.3. The summed E-state index contributed by atoms with van der Waals surface area (Å²) >= 11 is 1.81. The third-order valence-corrected chi connectivity index (χ3v) is 5.80. The summed E-state index contributed by atoms with van der Waals surface area (Å²) in [6, 6.07) is 25.4. The fourth-order valence-corrected chi connectivity index (χ4v) is 4.41. The molecule has 4 rings (SSSR count). The molecule has 0 unspecified atom stereocenters. The van der Waals surface area contributed by atoms with Gasteiger partial charge in [0.2, 0.25) is 0 Å². The summed E-state index contributed by atoms with van der Waals surface area (Å²) in [6.45, 7) is 10.6. The molecule has 0 atom stereocenters. The summed E-state index contributed by atoms with van der Waals surface area (Å²) in [6.07, 6.45) is 0. The first-order valence-electron chi connectivity index (χ1n) is 9.99. The number of ether oxygens (including phenoxy) is 1. The van der Waals surface area contributed by atoms with E-state index in [0.717, 1.165) is 11.5 Å². The van der Waals surface area contributed by atoms with Crippen LogP contribution in [0.25, 0.3) is 20.5 Å². The molecule has 0 saturated heterocycles. The van der Waals surface area contributed by atoms with Crippen LogP contribution in [0.1, 0.15) is 44.7 Å². The molecule has 0 aliphatic carbocycles. The standard InChI is InChI=1S/C24H22OS.C2H6/c1-16(2)19-8-4-5-9-20(19)24-23(21-10-6-7-11-22(21)26-24)25-18-14-12-17(3)13-15-18;1-2/h4-16H,1-3H3;1-2H3. The largest absolute Gasteiger partial charge is 0.455 e. The first-order chi connectivity index (χ1) is 13.6. The lowest BCUT2D eigenvalue weighted by Gasteiger charge is -2.14. The molecular formula is C26H28OS. The first kappa shape index (κ1) is 20.2. The Morgan fingerprint density at radius 3 is 2.14 bits per heavy atom. The van der Waals surface area contributed by atoms with Crippen LogP contribution in [0.15, 0.2) is 72.8 Å². The van der Waals surface area contributed by atoms with Crippen molar-refractivity contribution in [1.82, 2.24) is 0 Å². The van der Waals surface area contributed by atoms with Crippen LogP contribution in [0.2, 0.25) is 0 Å². The minimum absolute atomic E-state index is 0.462. The van der Waals surface area contributed by atoms with Crippen molar-refractivity contribution in [3.63, 3.8) is 0 Å². The number of rotatable bonds is 4. The summed E-state index contributed by atoms with van der Waals surface area (Å²) in [7, 11) is 0. The van der Waals surface area contributed by atoms with Gasteiger partial charge in [-0.05, 0) is 48.2 Å². The first-order valence-corrected chi connectivity index (χ1v) is 10.8. The van der Waals surface area contributed by atoms with Crippen molar-refractivity contribution in [2.75, 3.05) is 0 Å². The highest BCUT2D eigenvalue weighted by atomic mass is 32.1. The molecule has 0 spiro atoms. The summed E-state index contributed by atoms with van der Waals surface area (Å²) < 4.78 is 7.67. The molecule has 2 heteroatoms. The van der Waals surface area contributed by atoms with Gasteiger partial charge in [-0.3, -0.25) is 0 Å². The van der Waals surface area contributed by atoms with Crippen LogP contribution in [0.5, 0.6) is 11.5 Å². The highest BCUT2D eigenvalue weighted by Gasteiger charge is 2.19. The molecule has 1 heterocycles. The van der Waals surface area contributed by atoms with Gasteiger partial charge in [-0.25, -0.2) is 0 Å². The Bertz CT molecular complexity index is 1040. The highest BCUT2D eigenvalue weighted by molar-refractivity contribution is 7.22. The van der Waals surface area contributed by atoms with Gasteiger partial charge in [0.25, 0.3) is 0 Å². The second-order valence-electron chi connectivity index (χ2n) is 6.91. The fraction of sp³-hybridized carbons (Fsp3) is 0.231. The van der Waals surface area contributed by atoms with E-state index < -0.39 is 0 Å². The van der Waals surface area contributed by atoms with Gasteiger partial charge in [-0.1, -0.05) is 81.8 Å². The van der Waals surface area contributed by atoms with E-state index in [0.29, 0.717) is 5.92 Å². The second kappa shape index (κ2) is 9.07. The number of fused-ring (bicyclic) bond motifs is 1. The van der Waals surface area contributed by atoms with E-state index in [9.17, 15) is 0 Å². The van der Waals surface area contributed by atoms with Gasteiger partial charge in [0.05, 0.1) is 4.88 Å². The Balaban J connectivity index is 0.00000109. The van der Waals surface area contributed by atoms with E-state index >= 15 is 0 Å². The molecule has 0 bridgehead atoms.